The summed E-state index contributed by atoms with van der Waals surface area (Å²) in [6, 6.07) is 0. The van der Waals surface area contributed by atoms with Crippen LogP contribution in [0.25, 0.3) is 0 Å². The molecule has 0 radical (unpaired) electrons. The predicted octanol–water partition coefficient (Wildman–Crippen LogP) is 1.38. The number of ether oxygens (including phenoxy) is 1. The Morgan fingerprint density at radius 1 is 1.30 bits per heavy atom. The van der Waals surface area contributed by atoms with Gasteiger partial charge in [0.1, 0.15) is 0 Å². The molecule has 1 atom stereocenters. The summed E-state index contributed by atoms with van der Waals surface area (Å²) in [5.41, 5.74) is 5.45. The van der Waals surface area contributed by atoms with E-state index in [1.807, 2.05) is 0 Å². The molecule has 0 aromatic heterocycles. The summed E-state index contributed by atoms with van der Waals surface area (Å²) in [4.78, 5) is 0. The Hall–Kier alpha value is -0.170. The summed E-state index contributed by atoms with van der Waals surface area (Å²) >= 11 is 0. The Bertz CT molecular complexity index is 397. The lowest BCUT2D eigenvalue weighted by molar-refractivity contribution is 0.126. The normalized spacial score (nSPS) is 35.3. The molecule has 2 fully saturated rings. The lowest BCUT2D eigenvalue weighted by Crippen LogP contribution is -2.56. The molecule has 20 heavy (non-hydrogen) atoms. The van der Waals surface area contributed by atoms with Gasteiger partial charge in [-0.15, -0.1) is 0 Å². The standard InChI is InChI=1S/C14H28N2O3S/c1-2-12-5-7-14(11-15,8-6-12)16-20(17,18)10-13-4-3-9-19-13/h12-13,16H,2-11,15H2,1H3. The average molecular weight is 304 g/mol. The van der Waals surface area contributed by atoms with Crippen molar-refractivity contribution in [3.63, 3.8) is 0 Å². The van der Waals surface area contributed by atoms with E-state index in [9.17, 15) is 8.42 Å². The van der Waals surface area contributed by atoms with E-state index in [4.69, 9.17) is 10.5 Å². The third-order valence-electron chi connectivity index (χ3n) is 4.83. The lowest BCUT2D eigenvalue weighted by Gasteiger charge is -2.39. The van der Waals surface area contributed by atoms with Gasteiger partial charge in [0.05, 0.1) is 11.9 Å². The maximum atomic E-state index is 12.3. The largest absolute Gasteiger partial charge is 0.377 e. The molecule has 0 spiro atoms. The van der Waals surface area contributed by atoms with Gasteiger partial charge in [-0.1, -0.05) is 13.3 Å². The fraction of sp³-hybridized carbons (Fsp3) is 1.00. The molecule has 0 bridgehead atoms. The Balaban J connectivity index is 1.94. The molecule has 0 aromatic carbocycles. The van der Waals surface area contributed by atoms with Gasteiger partial charge < -0.3 is 10.5 Å². The summed E-state index contributed by atoms with van der Waals surface area (Å²) in [5.74, 6) is 0.795. The third-order valence-corrected chi connectivity index (χ3v) is 6.39. The van der Waals surface area contributed by atoms with Crippen LogP contribution in [-0.4, -0.2) is 39.0 Å². The minimum Gasteiger partial charge on any atom is -0.377 e. The first-order valence-corrected chi connectivity index (χ1v) is 9.47. The number of sulfonamides is 1. The molecule has 118 valence electrons. The van der Waals surface area contributed by atoms with Crippen molar-refractivity contribution in [1.82, 2.24) is 4.72 Å². The maximum absolute atomic E-state index is 12.3. The first-order valence-electron chi connectivity index (χ1n) is 7.82. The van der Waals surface area contributed by atoms with Gasteiger partial charge in [-0.05, 0) is 44.4 Å². The van der Waals surface area contributed by atoms with E-state index < -0.39 is 15.6 Å². The molecule has 6 heteroatoms. The molecule has 1 heterocycles. The Morgan fingerprint density at radius 3 is 2.50 bits per heavy atom. The van der Waals surface area contributed by atoms with Gasteiger partial charge >= 0.3 is 0 Å². The molecule has 3 N–H and O–H groups in total. The first kappa shape index (κ1) is 16.2. The van der Waals surface area contributed by atoms with E-state index in [1.54, 1.807) is 0 Å². The van der Waals surface area contributed by atoms with Crippen LogP contribution in [0.5, 0.6) is 0 Å². The van der Waals surface area contributed by atoms with Crippen molar-refractivity contribution in [2.24, 2.45) is 11.7 Å². The third kappa shape index (κ3) is 4.16. The molecule has 1 aliphatic carbocycles. The van der Waals surface area contributed by atoms with Crippen LogP contribution in [0.1, 0.15) is 51.9 Å². The fourth-order valence-electron chi connectivity index (χ4n) is 3.38. The first-order chi connectivity index (χ1) is 9.49. The minimum atomic E-state index is -3.31. The van der Waals surface area contributed by atoms with E-state index in [-0.39, 0.29) is 11.9 Å². The highest BCUT2D eigenvalue weighted by molar-refractivity contribution is 7.89. The Kier molecular flexibility index (Phi) is 5.45. The summed E-state index contributed by atoms with van der Waals surface area (Å²) in [7, 11) is -3.31. The Morgan fingerprint density at radius 2 is 2.00 bits per heavy atom. The second-order valence-corrected chi connectivity index (χ2v) is 8.12. The smallest absolute Gasteiger partial charge is 0.214 e. The van der Waals surface area contributed by atoms with Gasteiger partial charge in [-0.3, -0.25) is 0 Å². The second kappa shape index (κ2) is 6.73. The minimum absolute atomic E-state index is 0.0754. The van der Waals surface area contributed by atoms with Gasteiger partial charge in [0.2, 0.25) is 10.0 Å². The molecule has 5 nitrogen and oxygen atoms in total. The zero-order chi connectivity index (χ0) is 14.6. The zero-order valence-electron chi connectivity index (χ0n) is 12.4. The predicted molar refractivity (Wildman–Crippen MR) is 79.9 cm³/mol. The molecule has 0 aromatic rings. The van der Waals surface area contributed by atoms with Crippen LogP contribution >= 0.6 is 0 Å². The van der Waals surface area contributed by atoms with Gasteiger partial charge in [-0.2, -0.15) is 0 Å². The number of rotatable bonds is 6. The van der Waals surface area contributed by atoms with E-state index in [1.165, 1.54) is 6.42 Å². The number of hydrogen-bond donors (Lipinski definition) is 2. The van der Waals surface area contributed by atoms with Gasteiger partial charge in [0.25, 0.3) is 0 Å². The van der Waals surface area contributed by atoms with Crippen molar-refractivity contribution in [2.75, 3.05) is 18.9 Å². The summed E-state index contributed by atoms with van der Waals surface area (Å²) < 4.78 is 33.0. The SMILES string of the molecule is CCC1CCC(CN)(NS(=O)(=O)CC2CCCO2)CC1. The molecule has 2 rings (SSSR count). The molecular formula is C14H28N2O3S. The molecular weight excluding hydrogens is 276 g/mol. The van der Waals surface area contributed by atoms with E-state index in [0.717, 1.165) is 44.4 Å². The molecule has 1 aliphatic heterocycles. The fourth-order valence-corrected chi connectivity index (χ4v) is 5.16. The van der Waals surface area contributed by atoms with Crippen LogP contribution in [0.15, 0.2) is 0 Å². The molecule has 1 saturated carbocycles. The van der Waals surface area contributed by atoms with E-state index >= 15 is 0 Å². The summed E-state index contributed by atoms with van der Waals surface area (Å²) in [5, 5.41) is 0. The second-order valence-electron chi connectivity index (χ2n) is 6.35. The van der Waals surface area contributed by atoms with Crippen LogP contribution in [0.2, 0.25) is 0 Å². The van der Waals surface area contributed by atoms with Crippen LogP contribution in [0.3, 0.4) is 0 Å². The van der Waals surface area contributed by atoms with Gasteiger partial charge in [0, 0.05) is 18.7 Å². The van der Waals surface area contributed by atoms with E-state index in [0.29, 0.717) is 13.2 Å². The molecule has 1 unspecified atom stereocenters. The van der Waals surface area contributed by atoms with Crippen LogP contribution in [0.4, 0.5) is 0 Å². The van der Waals surface area contributed by atoms with Gasteiger partial charge in [-0.25, -0.2) is 13.1 Å². The maximum Gasteiger partial charge on any atom is 0.214 e. The van der Waals surface area contributed by atoms with E-state index in [2.05, 4.69) is 11.6 Å². The highest BCUT2D eigenvalue weighted by Gasteiger charge is 2.38. The number of nitrogens with two attached hydrogens (primary N) is 1. The number of hydrogen-bond acceptors (Lipinski definition) is 4. The summed E-state index contributed by atoms with van der Waals surface area (Å²) in [6.45, 7) is 3.26. The van der Waals surface area contributed by atoms with Crippen LogP contribution < -0.4 is 10.5 Å². The number of nitrogens with one attached hydrogen (secondary N) is 1. The van der Waals surface area contributed by atoms with Crippen LogP contribution in [-0.2, 0) is 14.8 Å². The highest BCUT2D eigenvalue weighted by atomic mass is 32.2. The zero-order valence-corrected chi connectivity index (χ0v) is 13.3. The average Bonchev–Trinajstić information content (AvgIpc) is 2.91. The van der Waals surface area contributed by atoms with Crippen molar-refractivity contribution in [3.8, 4) is 0 Å². The monoisotopic (exact) mass is 304 g/mol. The van der Waals surface area contributed by atoms with Crippen LogP contribution in [0, 0.1) is 5.92 Å². The van der Waals surface area contributed by atoms with Crippen molar-refractivity contribution in [2.45, 2.75) is 63.5 Å². The molecule has 2 aliphatic rings. The van der Waals surface area contributed by atoms with Gasteiger partial charge in [0.15, 0.2) is 0 Å². The van der Waals surface area contributed by atoms with Crippen molar-refractivity contribution >= 4 is 10.0 Å². The highest BCUT2D eigenvalue weighted by Crippen LogP contribution is 2.33. The summed E-state index contributed by atoms with van der Waals surface area (Å²) in [6.07, 6.45) is 6.67. The topological polar surface area (TPSA) is 81.4 Å². The molecule has 0 amide bonds. The Labute approximate surface area is 122 Å². The lowest BCUT2D eigenvalue weighted by atomic mass is 9.76. The van der Waals surface area contributed by atoms with Crippen molar-refractivity contribution < 1.29 is 13.2 Å². The van der Waals surface area contributed by atoms with Crippen molar-refractivity contribution in [3.05, 3.63) is 0 Å². The van der Waals surface area contributed by atoms with Crippen molar-refractivity contribution in [1.29, 1.82) is 0 Å². The quantitative estimate of drug-likeness (QED) is 0.777. The molecule has 1 saturated heterocycles.